The predicted molar refractivity (Wildman–Crippen MR) is 88.0 cm³/mol. The Bertz CT molecular complexity index is 855. The Morgan fingerprint density at radius 1 is 1.14 bits per heavy atom. The molecule has 2 atom stereocenters. The van der Waals surface area contributed by atoms with Crippen LogP contribution >= 0.6 is 11.6 Å². The number of benzene rings is 2. The molecule has 0 fully saturated rings. The lowest BCUT2D eigenvalue weighted by molar-refractivity contribution is 0.565. The Balaban J connectivity index is 1.89. The van der Waals surface area contributed by atoms with E-state index in [2.05, 4.69) is 16.4 Å². The number of aromatic nitrogens is 1. The van der Waals surface area contributed by atoms with E-state index in [1.54, 1.807) is 12.1 Å². The van der Waals surface area contributed by atoms with E-state index in [-0.39, 0.29) is 11.7 Å². The summed E-state index contributed by atoms with van der Waals surface area (Å²) < 4.78 is 13.6. The van der Waals surface area contributed by atoms with Crippen molar-refractivity contribution in [3.05, 3.63) is 70.1 Å². The van der Waals surface area contributed by atoms with Crippen molar-refractivity contribution in [1.82, 2.24) is 10.3 Å². The summed E-state index contributed by atoms with van der Waals surface area (Å²) >= 11 is 6.20. The Morgan fingerprint density at radius 3 is 2.82 bits per heavy atom. The minimum Gasteiger partial charge on any atom is -0.361 e. The van der Waals surface area contributed by atoms with Crippen molar-refractivity contribution in [3.63, 3.8) is 0 Å². The standard InChI is InChI=1S/C18H16ClFN2/c1-21-18-8-14(13-6-10(19)2-4-12(13)18)16-9-22-17-5-3-11(20)7-15(16)17/h2-7,9,14,18,21-22H,8H2,1H3/t14-,18+/m0/s1. The fourth-order valence-electron chi connectivity index (χ4n) is 3.62. The van der Waals surface area contributed by atoms with Gasteiger partial charge in [-0.1, -0.05) is 17.7 Å². The summed E-state index contributed by atoms with van der Waals surface area (Å²) in [6, 6.07) is 11.2. The average molecular weight is 315 g/mol. The molecule has 0 radical (unpaired) electrons. The third-order valence-electron chi connectivity index (χ3n) is 4.67. The van der Waals surface area contributed by atoms with Gasteiger partial charge in [0.15, 0.2) is 0 Å². The zero-order valence-electron chi connectivity index (χ0n) is 12.2. The first kappa shape index (κ1) is 13.8. The molecule has 1 aromatic heterocycles. The van der Waals surface area contributed by atoms with Gasteiger partial charge >= 0.3 is 0 Å². The maximum absolute atomic E-state index is 13.6. The number of halogens is 2. The largest absolute Gasteiger partial charge is 0.361 e. The van der Waals surface area contributed by atoms with Crippen LogP contribution in [0.1, 0.15) is 35.1 Å². The van der Waals surface area contributed by atoms with Crippen LogP contribution in [0.15, 0.2) is 42.6 Å². The molecule has 4 rings (SSSR count). The number of H-pyrrole nitrogens is 1. The Morgan fingerprint density at radius 2 is 2.00 bits per heavy atom. The average Bonchev–Trinajstić information content (AvgIpc) is 3.07. The van der Waals surface area contributed by atoms with E-state index < -0.39 is 0 Å². The van der Waals surface area contributed by atoms with Crippen LogP contribution in [0.2, 0.25) is 5.02 Å². The van der Waals surface area contributed by atoms with E-state index >= 15 is 0 Å². The van der Waals surface area contributed by atoms with Gasteiger partial charge in [-0.25, -0.2) is 4.39 Å². The highest BCUT2D eigenvalue weighted by atomic mass is 35.5. The number of hydrogen-bond donors (Lipinski definition) is 2. The molecule has 3 aromatic rings. The van der Waals surface area contributed by atoms with E-state index in [4.69, 9.17) is 11.6 Å². The highest BCUT2D eigenvalue weighted by molar-refractivity contribution is 6.30. The summed E-state index contributed by atoms with van der Waals surface area (Å²) in [6.45, 7) is 0. The smallest absolute Gasteiger partial charge is 0.123 e. The summed E-state index contributed by atoms with van der Waals surface area (Å²) in [5, 5.41) is 5.06. The molecular weight excluding hydrogens is 299 g/mol. The second-order valence-corrected chi connectivity index (χ2v) is 6.27. The van der Waals surface area contributed by atoms with Gasteiger partial charge in [-0.15, -0.1) is 0 Å². The maximum atomic E-state index is 13.6. The van der Waals surface area contributed by atoms with Gasteiger partial charge in [0.05, 0.1) is 0 Å². The molecule has 2 aromatic carbocycles. The normalized spacial score (nSPS) is 20.5. The molecule has 4 heteroatoms. The first-order valence-electron chi connectivity index (χ1n) is 7.40. The van der Waals surface area contributed by atoms with Gasteiger partial charge in [-0.2, -0.15) is 0 Å². The molecule has 112 valence electrons. The Kier molecular flexibility index (Phi) is 3.21. The molecule has 22 heavy (non-hydrogen) atoms. The summed E-state index contributed by atoms with van der Waals surface area (Å²) in [5.41, 5.74) is 4.61. The summed E-state index contributed by atoms with van der Waals surface area (Å²) in [4.78, 5) is 3.25. The van der Waals surface area contributed by atoms with Crippen LogP contribution in [0, 0.1) is 5.82 Å². The fraction of sp³-hybridized carbons (Fsp3) is 0.222. The van der Waals surface area contributed by atoms with Crippen LogP contribution in [-0.2, 0) is 0 Å². The second kappa shape index (κ2) is 5.11. The molecule has 0 amide bonds. The lowest BCUT2D eigenvalue weighted by Crippen LogP contribution is -2.13. The molecule has 2 N–H and O–H groups in total. The molecule has 2 nitrogen and oxygen atoms in total. The predicted octanol–water partition coefficient (Wildman–Crippen LogP) is 4.76. The minimum absolute atomic E-state index is 0.206. The van der Waals surface area contributed by atoms with E-state index in [0.717, 1.165) is 27.9 Å². The highest BCUT2D eigenvalue weighted by Gasteiger charge is 2.32. The van der Waals surface area contributed by atoms with Crippen LogP contribution in [0.4, 0.5) is 4.39 Å². The topological polar surface area (TPSA) is 27.8 Å². The quantitative estimate of drug-likeness (QED) is 0.701. The third-order valence-corrected chi connectivity index (χ3v) is 4.91. The van der Waals surface area contributed by atoms with Gasteiger partial charge in [0, 0.05) is 34.1 Å². The molecule has 1 heterocycles. The van der Waals surface area contributed by atoms with Crippen LogP contribution in [-0.4, -0.2) is 12.0 Å². The van der Waals surface area contributed by atoms with Crippen LogP contribution in [0.5, 0.6) is 0 Å². The van der Waals surface area contributed by atoms with Crippen molar-refractivity contribution in [2.45, 2.75) is 18.4 Å². The second-order valence-electron chi connectivity index (χ2n) is 5.84. The Hall–Kier alpha value is -1.84. The van der Waals surface area contributed by atoms with Gasteiger partial charge in [0.2, 0.25) is 0 Å². The van der Waals surface area contributed by atoms with Gasteiger partial charge < -0.3 is 10.3 Å². The van der Waals surface area contributed by atoms with Gasteiger partial charge in [-0.3, -0.25) is 0 Å². The number of rotatable bonds is 2. The third kappa shape index (κ3) is 2.04. The van der Waals surface area contributed by atoms with Crippen molar-refractivity contribution in [1.29, 1.82) is 0 Å². The zero-order valence-corrected chi connectivity index (χ0v) is 12.9. The van der Waals surface area contributed by atoms with Crippen molar-refractivity contribution < 1.29 is 4.39 Å². The molecule has 0 saturated carbocycles. The van der Waals surface area contributed by atoms with Crippen LogP contribution in [0.25, 0.3) is 10.9 Å². The van der Waals surface area contributed by atoms with Crippen LogP contribution in [0.3, 0.4) is 0 Å². The highest BCUT2D eigenvalue weighted by Crippen LogP contribution is 2.46. The number of fused-ring (bicyclic) bond motifs is 2. The summed E-state index contributed by atoms with van der Waals surface area (Å²) in [5.74, 6) is 0.0181. The lowest BCUT2D eigenvalue weighted by atomic mass is 9.92. The molecule has 0 aliphatic heterocycles. The van der Waals surface area contributed by atoms with Crippen molar-refractivity contribution in [2.24, 2.45) is 0 Å². The molecule has 0 unspecified atom stereocenters. The molecule has 1 aliphatic carbocycles. The first-order valence-corrected chi connectivity index (χ1v) is 7.78. The van der Waals surface area contributed by atoms with Crippen molar-refractivity contribution in [3.8, 4) is 0 Å². The monoisotopic (exact) mass is 314 g/mol. The van der Waals surface area contributed by atoms with Crippen LogP contribution < -0.4 is 5.32 Å². The van der Waals surface area contributed by atoms with Crippen molar-refractivity contribution >= 4 is 22.5 Å². The van der Waals surface area contributed by atoms with E-state index in [9.17, 15) is 4.39 Å². The van der Waals surface area contributed by atoms with Gasteiger partial charge in [0.1, 0.15) is 5.82 Å². The van der Waals surface area contributed by atoms with E-state index in [1.807, 2.05) is 25.4 Å². The summed E-state index contributed by atoms with van der Waals surface area (Å²) in [6.07, 6.45) is 2.95. The van der Waals surface area contributed by atoms with Gasteiger partial charge in [-0.05, 0) is 60.5 Å². The molecule has 0 spiro atoms. The minimum atomic E-state index is -0.206. The fourth-order valence-corrected chi connectivity index (χ4v) is 3.81. The Labute approximate surface area is 133 Å². The number of aromatic amines is 1. The van der Waals surface area contributed by atoms with E-state index in [1.165, 1.54) is 17.2 Å². The zero-order chi connectivity index (χ0) is 15.3. The number of nitrogens with one attached hydrogen (secondary N) is 2. The number of hydrogen-bond acceptors (Lipinski definition) is 1. The first-order chi connectivity index (χ1) is 10.7. The summed E-state index contributed by atoms with van der Waals surface area (Å²) in [7, 11) is 1.97. The molecular formula is C18H16ClFN2. The van der Waals surface area contributed by atoms with Gasteiger partial charge in [0.25, 0.3) is 0 Å². The van der Waals surface area contributed by atoms with E-state index in [0.29, 0.717) is 6.04 Å². The maximum Gasteiger partial charge on any atom is 0.123 e. The molecule has 0 saturated heterocycles. The molecule has 0 bridgehead atoms. The lowest BCUT2D eigenvalue weighted by Gasteiger charge is -2.11. The van der Waals surface area contributed by atoms with Crippen molar-refractivity contribution in [2.75, 3.05) is 7.05 Å². The molecule has 1 aliphatic rings. The SMILES string of the molecule is CN[C@@H]1C[C@H](c2c[nH]c3ccc(F)cc23)c2cc(Cl)ccc21.